The summed E-state index contributed by atoms with van der Waals surface area (Å²) in [5.41, 5.74) is 1.54. The van der Waals surface area contributed by atoms with Crippen LogP contribution in [0.15, 0.2) is 12.1 Å². The van der Waals surface area contributed by atoms with Crippen LogP contribution in [0.25, 0.3) is 0 Å². The molecular formula is C13H22N2O. The Balaban J connectivity index is 2.83. The number of carbonyl (C=O) groups is 1. The lowest BCUT2D eigenvalue weighted by molar-refractivity contribution is 0.0915. The van der Waals surface area contributed by atoms with Gasteiger partial charge in [0.25, 0.3) is 5.91 Å². The maximum atomic E-state index is 11.9. The molecule has 0 spiro atoms. The molecule has 90 valence electrons. The van der Waals surface area contributed by atoms with Gasteiger partial charge in [0.15, 0.2) is 0 Å². The van der Waals surface area contributed by atoms with Crippen LogP contribution in [0.5, 0.6) is 0 Å². The second-order valence-corrected chi connectivity index (χ2v) is 6.24. The molecule has 0 saturated heterocycles. The van der Waals surface area contributed by atoms with Gasteiger partial charge in [-0.25, -0.2) is 0 Å². The van der Waals surface area contributed by atoms with Crippen LogP contribution in [0.4, 0.5) is 0 Å². The number of aromatic amines is 1. The number of carbonyl (C=O) groups excluding carboxylic acids is 1. The second kappa shape index (κ2) is 3.96. The first-order valence-electron chi connectivity index (χ1n) is 5.61. The van der Waals surface area contributed by atoms with Crippen LogP contribution in [0, 0.1) is 0 Å². The first-order valence-corrected chi connectivity index (χ1v) is 5.61. The van der Waals surface area contributed by atoms with Crippen LogP contribution in [0.2, 0.25) is 0 Å². The van der Waals surface area contributed by atoms with Gasteiger partial charge in [0.2, 0.25) is 0 Å². The Kier molecular flexibility index (Phi) is 3.17. The zero-order valence-corrected chi connectivity index (χ0v) is 11.1. The maximum absolute atomic E-state index is 11.9. The van der Waals surface area contributed by atoms with Crippen LogP contribution in [0.3, 0.4) is 0 Å². The molecule has 0 saturated carbocycles. The largest absolute Gasteiger partial charge is 0.354 e. The second-order valence-electron chi connectivity index (χ2n) is 6.24. The normalized spacial score (nSPS) is 12.6. The quantitative estimate of drug-likeness (QED) is 0.754. The fraction of sp³-hybridized carbons (Fsp3) is 0.615. The Labute approximate surface area is 97.6 Å². The summed E-state index contributed by atoms with van der Waals surface area (Å²) >= 11 is 0. The predicted molar refractivity (Wildman–Crippen MR) is 66.7 cm³/mol. The van der Waals surface area contributed by atoms with Crippen molar-refractivity contribution < 1.29 is 4.79 Å². The van der Waals surface area contributed by atoms with Crippen molar-refractivity contribution in [3.63, 3.8) is 0 Å². The van der Waals surface area contributed by atoms with Crippen molar-refractivity contribution in [1.82, 2.24) is 10.3 Å². The summed E-state index contributed by atoms with van der Waals surface area (Å²) in [5, 5.41) is 2.93. The van der Waals surface area contributed by atoms with Crippen LogP contribution in [0.1, 0.15) is 57.7 Å². The van der Waals surface area contributed by atoms with Crippen molar-refractivity contribution in [2.45, 2.75) is 52.5 Å². The van der Waals surface area contributed by atoms with Gasteiger partial charge in [-0.2, -0.15) is 0 Å². The molecule has 0 fully saturated rings. The average molecular weight is 222 g/mol. The molecule has 0 aliphatic heterocycles. The summed E-state index contributed by atoms with van der Waals surface area (Å²) in [5.74, 6) is -0.0528. The standard InChI is InChI=1S/C13H22N2O/c1-12(2,3)10-8-7-9(14-10)11(16)15-13(4,5)6/h7-8,14H,1-6H3,(H,15,16). The Morgan fingerprint density at radius 2 is 1.69 bits per heavy atom. The lowest BCUT2D eigenvalue weighted by Gasteiger charge is -2.20. The summed E-state index contributed by atoms with van der Waals surface area (Å²) in [6.07, 6.45) is 0. The molecule has 0 aromatic carbocycles. The molecule has 0 aliphatic carbocycles. The van der Waals surface area contributed by atoms with Gasteiger partial charge in [0.05, 0.1) is 0 Å². The van der Waals surface area contributed by atoms with Gasteiger partial charge in [-0.3, -0.25) is 4.79 Å². The molecule has 1 aromatic heterocycles. The highest BCUT2D eigenvalue weighted by Crippen LogP contribution is 2.21. The van der Waals surface area contributed by atoms with Crippen LogP contribution < -0.4 is 5.32 Å². The van der Waals surface area contributed by atoms with Gasteiger partial charge in [-0.1, -0.05) is 20.8 Å². The third kappa shape index (κ3) is 3.40. The van der Waals surface area contributed by atoms with Gasteiger partial charge in [-0.05, 0) is 32.9 Å². The fourth-order valence-corrected chi connectivity index (χ4v) is 1.37. The van der Waals surface area contributed by atoms with E-state index < -0.39 is 0 Å². The Morgan fingerprint density at radius 1 is 1.12 bits per heavy atom. The third-order valence-corrected chi connectivity index (χ3v) is 2.23. The van der Waals surface area contributed by atoms with Gasteiger partial charge in [-0.15, -0.1) is 0 Å². The molecular weight excluding hydrogens is 200 g/mol. The van der Waals surface area contributed by atoms with E-state index in [0.29, 0.717) is 5.69 Å². The third-order valence-electron chi connectivity index (χ3n) is 2.23. The molecule has 2 N–H and O–H groups in total. The minimum absolute atomic E-state index is 0.0419. The number of amides is 1. The minimum atomic E-state index is -0.204. The van der Waals surface area contributed by atoms with Crippen molar-refractivity contribution in [3.05, 3.63) is 23.5 Å². The van der Waals surface area contributed by atoms with Crippen molar-refractivity contribution in [2.24, 2.45) is 0 Å². The molecule has 0 aliphatic rings. The number of hydrogen-bond donors (Lipinski definition) is 2. The Bertz CT molecular complexity index is 377. The summed E-state index contributed by atoms with van der Waals surface area (Å²) in [4.78, 5) is 15.0. The van der Waals surface area contributed by atoms with E-state index in [1.54, 1.807) is 0 Å². The zero-order valence-electron chi connectivity index (χ0n) is 11.1. The molecule has 3 nitrogen and oxygen atoms in total. The minimum Gasteiger partial charge on any atom is -0.354 e. The molecule has 0 atom stereocenters. The SMILES string of the molecule is CC(C)(C)NC(=O)c1ccc(C(C)(C)C)[nH]1. The summed E-state index contributed by atoms with van der Waals surface area (Å²) in [6, 6.07) is 3.80. The van der Waals surface area contributed by atoms with E-state index in [4.69, 9.17) is 0 Å². The topological polar surface area (TPSA) is 44.9 Å². The van der Waals surface area contributed by atoms with Gasteiger partial charge < -0.3 is 10.3 Å². The molecule has 1 aromatic rings. The fourth-order valence-electron chi connectivity index (χ4n) is 1.37. The summed E-state index contributed by atoms with van der Waals surface area (Å²) in [7, 11) is 0. The zero-order chi connectivity index (χ0) is 12.6. The molecule has 1 heterocycles. The summed E-state index contributed by atoms with van der Waals surface area (Å²) in [6.45, 7) is 12.3. The Hall–Kier alpha value is -1.25. The van der Waals surface area contributed by atoms with Gasteiger partial charge in [0, 0.05) is 16.6 Å². The van der Waals surface area contributed by atoms with E-state index >= 15 is 0 Å². The first kappa shape index (κ1) is 12.8. The highest BCUT2D eigenvalue weighted by atomic mass is 16.2. The van der Waals surface area contributed by atoms with Crippen LogP contribution >= 0.6 is 0 Å². The van der Waals surface area contributed by atoms with Gasteiger partial charge in [0.1, 0.15) is 5.69 Å². The Morgan fingerprint density at radius 3 is 2.06 bits per heavy atom. The van der Waals surface area contributed by atoms with E-state index in [1.165, 1.54) is 0 Å². The predicted octanol–water partition coefficient (Wildman–Crippen LogP) is 2.84. The van der Waals surface area contributed by atoms with E-state index in [1.807, 2.05) is 32.9 Å². The van der Waals surface area contributed by atoms with E-state index in [-0.39, 0.29) is 16.9 Å². The average Bonchev–Trinajstić information content (AvgIpc) is 2.46. The number of rotatable bonds is 1. The molecule has 0 unspecified atom stereocenters. The first-order chi connectivity index (χ1) is 7.09. The monoisotopic (exact) mass is 222 g/mol. The molecule has 0 bridgehead atoms. The van der Waals surface area contributed by atoms with Gasteiger partial charge >= 0.3 is 0 Å². The van der Waals surface area contributed by atoms with Crippen molar-refractivity contribution >= 4 is 5.91 Å². The number of nitrogens with one attached hydrogen (secondary N) is 2. The highest BCUT2D eigenvalue weighted by Gasteiger charge is 2.20. The van der Waals surface area contributed by atoms with Crippen molar-refractivity contribution in [2.75, 3.05) is 0 Å². The van der Waals surface area contributed by atoms with Crippen LogP contribution in [-0.4, -0.2) is 16.4 Å². The molecule has 0 radical (unpaired) electrons. The van der Waals surface area contributed by atoms with Crippen molar-refractivity contribution in [3.8, 4) is 0 Å². The molecule has 16 heavy (non-hydrogen) atoms. The molecule has 1 rings (SSSR count). The number of aromatic nitrogens is 1. The molecule has 1 amide bonds. The number of hydrogen-bond acceptors (Lipinski definition) is 1. The highest BCUT2D eigenvalue weighted by molar-refractivity contribution is 5.93. The number of H-pyrrole nitrogens is 1. The van der Waals surface area contributed by atoms with E-state index in [2.05, 4.69) is 31.1 Å². The lowest BCUT2D eigenvalue weighted by atomic mass is 9.93. The molecule has 3 heteroatoms. The van der Waals surface area contributed by atoms with Crippen molar-refractivity contribution in [1.29, 1.82) is 0 Å². The van der Waals surface area contributed by atoms with E-state index in [9.17, 15) is 4.79 Å². The van der Waals surface area contributed by atoms with E-state index in [0.717, 1.165) is 5.69 Å². The summed E-state index contributed by atoms with van der Waals surface area (Å²) < 4.78 is 0. The van der Waals surface area contributed by atoms with Crippen LogP contribution in [-0.2, 0) is 5.41 Å². The smallest absolute Gasteiger partial charge is 0.268 e. The lowest BCUT2D eigenvalue weighted by Crippen LogP contribution is -2.40. The maximum Gasteiger partial charge on any atom is 0.268 e.